The van der Waals surface area contributed by atoms with Crippen LogP contribution in [0.2, 0.25) is 0 Å². The highest BCUT2D eigenvalue weighted by Crippen LogP contribution is 2.32. The smallest absolute Gasteiger partial charge is 0.0423 e. The molecule has 2 aromatic rings. The number of hydrogen-bond donors (Lipinski definition) is 1. The van der Waals surface area contributed by atoms with E-state index < -0.39 is 0 Å². The van der Waals surface area contributed by atoms with Crippen molar-refractivity contribution < 1.29 is 0 Å². The van der Waals surface area contributed by atoms with E-state index in [2.05, 4.69) is 60.0 Å². The van der Waals surface area contributed by atoms with Crippen LogP contribution in [-0.2, 0) is 0 Å². The van der Waals surface area contributed by atoms with Gasteiger partial charge < -0.3 is 5.32 Å². The lowest BCUT2D eigenvalue weighted by molar-refractivity contribution is 1.44. The van der Waals surface area contributed by atoms with E-state index in [1.54, 1.807) is 0 Å². The van der Waals surface area contributed by atoms with Crippen LogP contribution in [0.15, 0.2) is 42.5 Å². The topological polar surface area (TPSA) is 12.0 Å². The summed E-state index contributed by atoms with van der Waals surface area (Å²) >= 11 is 0. The Hall–Kier alpha value is -2.02. The van der Waals surface area contributed by atoms with Crippen LogP contribution in [0.1, 0.15) is 17.5 Å². The molecule has 1 aliphatic rings. The Morgan fingerprint density at radius 3 is 2.59 bits per heavy atom. The second-order valence-corrected chi connectivity index (χ2v) is 4.26. The first-order valence-corrected chi connectivity index (χ1v) is 5.97. The normalized spacial score (nSPS) is 13.5. The SMILES string of the molecule is CNc1cc2c(c3ccccc13)C=CCC=C2. The van der Waals surface area contributed by atoms with Crippen LogP contribution in [0.25, 0.3) is 22.9 Å². The Balaban J connectivity index is 2.43. The molecular weight excluding hydrogens is 206 g/mol. The summed E-state index contributed by atoms with van der Waals surface area (Å²) in [6.45, 7) is 0. The Kier molecular flexibility index (Phi) is 2.45. The van der Waals surface area contributed by atoms with Gasteiger partial charge in [-0.05, 0) is 29.0 Å². The molecule has 0 saturated carbocycles. The van der Waals surface area contributed by atoms with E-state index >= 15 is 0 Å². The molecule has 0 radical (unpaired) electrons. The van der Waals surface area contributed by atoms with Crippen molar-refractivity contribution in [2.45, 2.75) is 6.42 Å². The fourth-order valence-corrected chi connectivity index (χ4v) is 2.41. The highest BCUT2D eigenvalue weighted by Gasteiger charge is 2.08. The summed E-state index contributed by atoms with van der Waals surface area (Å²) in [6, 6.07) is 10.8. The van der Waals surface area contributed by atoms with E-state index in [-0.39, 0.29) is 0 Å². The first-order valence-electron chi connectivity index (χ1n) is 5.97. The van der Waals surface area contributed by atoms with Gasteiger partial charge in [0.2, 0.25) is 0 Å². The third-order valence-electron chi connectivity index (χ3n) is 3.24. The lowest BCUT2D eigenvalue weighted by Crippen LogP contribution is -1.93. The third-order valence-corrected chi connectivity index (χ3v) is 3.24. The molecule has 0 atom stereocenters. The quantitative estimate of drug-likeness (QED) is 0.756. The van der Waals surface area contributed by atoms with E-state index in [9.17, 15) is 0 Å². The summed E-state index contributed by atoms with van der Waals surface area (Å²) in [5.74, 6) is 0. The first kappa shape index (κ1) is 10.2. The summed E-state index contributed by atoms with van der Waals surface area (Å²) in [5, 5.41) is 5.89. The average Bonchev–Trinajstić information content (AvgIpc) is 2.63. The maximum Gasteiger partial charge on any atom is 0.0423 e. The molecule has 1 aliphatic carbocycles. The summed E-state index contributed by atoms with van der Waals surface area (Å²) in [4.78, 5) is 0. The molecule has 0 heterocycles. The standard InChI is InChI=1S/C16H15N/c1-17-16-11-12-7-3-2-4-8-13(12)14-9-5-6-10-15(14)16/h3-11,17H,2H2,1H3. The van der Waals surface area contributed by atoms with E-state index in [4.69, 9.17) is 0 Å². The average molecular weight is 221 g/mol. The van der Waals surface area contributed by atoms with Gasteiger partial charge >= 0.3 is 0 Å². The van der Waals surface area contributed by atoms with Crippen LogP contribution in [-0.4, -0.2) is 7.05 Å². The predicted molar refractivity (Wildman–Crippen MR) is 76.2 cm³/mol. The predicted octanol–water partition coefficient (Wildman–Crippen LogP) is 4.31. The highest BCUT2D eigenvalue weighted by molar-refractivity contribution is 6.02. The number of anilines is 1. The summed E-state index contributed by atoms with van der Waals surface area (Å²) in [6.07, 6.45) is 9.88. The van der Waals surface area contributed by atoms with Crippen molar-refractivity contribution in [3.05, 3.63) is 53.6 Å². The summed E-state index contributed by atoms with van der Waals surface area (Å²) in [7, 11) is 1.98. The first-order chi connectivity index (χ1) is 8.40. The molecule has 0 unspecified atom stereocenters. The molecule has 1 nitrogen and oxygen atoms in total. The molecule has 0 fully saturated rings. The van der Waals surface area contributed by atoms with E-state index in [1.807, 2.05) is 7.05 Å². The van der Waals surface area contributed by atoms with Gasteiger partial charge in [-0.1, -0.05) is 48.6 Å². The van der Waals surface area contributed by atoms with Crippen molar-refractivity contribution >= 4 is 28.6 Å². The molecule has 84 valence electrons. The van der Waals surface area contributed by atoms with Crippen LogP contribution in [0.3, 0.4) is 0 Å². The van der Waals surface area contributed by atoms with Crippen LogP contribution >= 0.6 is 0 Å². The number of rotatable bonds is 1. The maximum absolute atomic E-state index is 3.28. The van der Waals surface area contributed by atoms with Gasteiger partial charge in [-0.2, -0.15) is 0 Å². The molecule has 0 bridgehead atoms. The van der Waals surface area contributed by atoms with Crippen molar-refractivity contribution in [1.82, 2.24) is 0 Å². The molecule has 17 heavy (non-hydrogen) atoms. The molecule has 1 heteroatoms. The Labute approximate surface area is 101 Å². The molecule has 1 N–H and O–H groups in total. The van der Waals surface area contributed by atoms with E-state index in [1.165, 1.54) is 27.6 Å². The van der Waals surface area contributed by atoms with Gasteiger partial charge in [0.05, 0.1) is 0 Å². The van der Waals surface area contributed by atoms with Gasteiger partial charge in [0.25, 0.3) is 0 Å². The second-order valence-electron chi connectivity index (χ2n) is 4.26. The van der Waals surface area contributed by atoms with Crippen molar-refractivity contribution in [2.24, 2.45) is 0 Å². The van der Waals surface area contributed by atoms with Crippen LogP contribution < -0.4 is 5.32 Å². The maximum atomic E-state index is 3.28. The largest absolute Gasteiger partial charge is 0.388 e. The van der Waals surface area contributed by atoms with E-state index in [0.29, 0.717) is 0 Å². The monoisotopic (exact) mass is 221 g/mol. The molecular formula is C16H15N. The molecule has 3 rings (SSSR count). The zero-order valence-corrected chi connectivity index (χ0v) is 9.90. The zero-order valence-electron chi connectivity index (χ0n) is 9.90. The van der Waals surface area contributed by atoms with Gasteiger partial charge in [-0.15, -0.1) is 0 Å². The molecule has 0 aliphatic heterocycles. The molecule has 0 amide bonds. The van der Waals surface area contributed by atoms with Crippen molar-refractivity contribution in [2.75, 3.05) is 12.4 Å². The number of allylic oxidation sites excluding steroid dienone is 2. The fraction of sp³-hybridized carbons (Fsp3) is 0.125. The van der Waals surface area contributed by atoms with Crippen molar-refractivity contribution in [1.29, 1.82) is 0 Å². The summed E-state index contributed by atoms with van der Waals surface area (Å²) < 4.78 is 0. The Bertz CT molecular complexity index is 621. The van der Waals surface area contributed by atoms with Gasteiger partial charge in [0, 0.05) is 18.1 Å². The number of benzene rings is 2. The summed E-state index contributed by atoms with van der Waals surface area (Å²) in [5.41, 5.74) is 3.81. The third kappa shape index (κ3) is 1.64. The van der Waals surface area contributed by atoms with Gasteiger partial charge in [0.15, 0.2) is 0 Å². The number of fused-ring (bicyclic) bond motifs is 3. The Morgan fingerprint density at radius 1 is 1.00 bits per heavy atom. The molecule has 0 saturated heterocycles. The van der Waals surface area contributed by atoms with Crippen LogP contribution in [0, 0.1) is 0 Å². The number of nitrogens with one attached hydrogen (secondary N) is 1. The lowest BCUT2D eigenvalue weighted by Gasteiger charge is -2.12. The molecule has 2 aromatic carbocycles. The van der Waals surface area contributed by atoms with Gasteiger partial charge in [-0.25, -0.2) is 0 Å². The van der Waals surface area contributed by atoms with Crippen molar-refractivity contribution in [3.8, 4) is 0 Å². The molecule has 0 aromatic heterocycles. The minimum absolute atomic E-state index is 1.01. The zero-order chi connectivity index (χ0) is 11.7. The second kappa shape index (κ2) is 4.10. The van der Waals surface area contributed by atoms with E-state index in [0.717, 1.165) is 6.42 Å². The van der Waals surface area contributed by atoms with Gasteiger partial charge in [0.1, 0.15) is 0 Å². The lowest BCUT2D eigenvalue weighted by atomic mass is 9.97. The van der Waals surface area contributed by atoms with Crippen LogP contribution in [0.4, 0.5) is 5.69 Å². The van der Waals surface area contributed by atoms with Crippen LogP contribution in [0.5, 0.6) is 0 Å². The fourth-order valence-electron chi connectivity index (χ4n) is 2.41. The van der Waals surface area contributed by atoms with Crippen molar-refractivity contribution in [3.63, 3.8) is 0 Å². The highest BCUT2D eigenvalue weighted by atomic mass is 14.8. The minimum atomic E-state index is 1.01. The number of hydrogen-bond acceptors (Lipinski definition) is 1. The van der Waals surface area contributed by atoms with Gasteiger partial charge in [-0.3, -0.25) is 0 Å². The Morgan fingerprint density at radius 2 is 1.76 bits per heavy atom. The minimum Gasteiger partial charge on any atom is -0.388 e. The molecule has 0 spiro atoms.